The van der Waals surface area contributed by atoms with Gasteiger partial charge < -0.3 is 30.0 Å². The van der Waals surface area contributed by atoms with Crippen LogP contribution in [0.25, 0.3) is 0 Å². The fraction of sp³-hybridized carbons (Fsp3) is 0.545. The van der Waals surface area contributed by atoms with Gasteiger partial charge in [0, 0.05) is 40.5 Å². The predicted octanol–water partition coefficient (Wildman–Crippen LogP) is 2.43. The maximum Gasteiger partial charge on any atom is 0.327 e. The molecule has 6 fully saturated rings. The molecule has 3 aliphatic carbocycles. The molecule has 0 aromatic heterocycles. The molecule has 3 heterocycles. The summed E-state index contributed by atoms with van der Waals surface area (Å²) in [4.78, 5) is 47.6. The number of hydrogen-bond donors (Lipinski definition) is 3. The number of benzene rings is 2. The third-order valence-electron chi connectivity index (χ3n) is 10.2. The van der Waals surface area contributed by atoms with Crippen LogP contribution < -0.4 is 10.6 Å². The van der Waals surface area contributed by atoms with Gasteiger partial charge in [0.15, 0.2) is 11.8 Å². The van der Waals surface area contributed by atoms with Crippen molar-refractivity contribution >= 4 is 40.4 Å². The Bertz CT molecular complexity index is 1520. The van der Waals surface area contributed by atoms with E-state index in [4.69, 9.17) is 24.2 Å². The first-order valence-electron chi connectivity index (χ1n) is 15.8. The van der Waals surface area contributed by atoms with Crippen LogP contribution in [0.3, 0.4) is 0 Å². The normalized spacial score (nSPS) is 32.9. The van der Waals surface area contributed by atoms with E-state index < -0.39 is 47.6 Å². The zero-order valence-corrected chi connectivity index (χ0v) is 26.8. The third kappa shape index (κ3) is 4.99. The van der Waals surface area contributed by atoms with Crippen molar-refractivity contribution in [2.24, 2.45) is 17.3 Å². The molecule has 45 heavy (non-hydrogen) atoms. The van der Waals surface area contributed by atoms with Gasteiger partial charge in [-0.15, -0.1) is 0 Å². The number of amides is 2. The molecule has 2 aromatic carbocycles. The molecule has 0 unspecified atom stereocenters. The van der Waals surface area contributed by atoms with E-state index in [9.17, 15) is 14.4 Å². The van der Waals surface area contributed by atoms with Gasteiger partial charge >= 0.3 is 5.97 Å². The Labute approximate surface area is 274 Å². The first-order valence-corrected chi connectivity index (χ1v) is 16.9. The minimum Gasteiger partial charge on any atom is -0.458 e. The molecule has 2 bridgehead atoms. The van der Waals surface area contributed by atoms with Crippen LogP contribution in [-0.4, -0.2) is 77.3 Å². The second kappa shape index (κ2) is 11.3. The lowest BCUT2D eigenvalue weighted by atomic mass is 9.62. The van der Waals surface area contributed by atoms with Crippen molar-refractivity contribution in [1.82, 2.24) is 15.7 Å². The number of nitrogens with zero attached hydrogens (tertiary/aromatic N) is 1. The molecule has 6 aliphatic rings. The predicted molar refractivity (Wildman–Crippen MR) is 166 cm³/mol. The number of nitrogens with one attached hydrogen (secondary N) is 2. The first kappa shape index (κ1) is 29.8. The number of aliphatic hydroxyl groups excluding tert-OH is 1. The molecule has 3 aliphatic heterocycles. The standard InChI is InChI=1S/C33H36IN3O8/c34-23-6-2-4-19(14-23)17-37-27-30(40)42-24-15-32(27,31(41)36-16-18-3-1-5-20(13-18)29(39)35-11-12-38)28(45-37)26-25(24)43-33(44-26,21-7-8-21)22-9-10-22/h1-6,13-14,21-22,24-28,38H,7-12,15-17H2,(H,35,39)(H,36,41)/t24-,25+,26+,27+,28-,32+/m1/s1. The Morgan fingerprint density at radius 3 is 2.44 bits per heavy atom. The molecule has 3 saturated carbocycles. The summed E-state index contributed by atoms with van der Waals surface area (Å²) in [5.74, 6) is -1.21. The maximum absolute atomic E-state index is 14.5. The number of fused-ring (bicyclic) bond motifs is 4. The molecule has 6 atom stereocenters. The Morgan fingerprint density at radius 2 is 1.71 bits per heavy atom. The van der Waals surface area contributed by atoms with E-state index in [1.54, 1.807) is 23.3 Å². The summed E-state index contributed by atoms with van der Waals surface area (Å²) >= 11 is 2.25. The van der Waals surface area contributed by atoms with Gasteiger partial charge in [-0.3, -0.25) is 19.2 Å². The number of hydrogen-bond acceptors (Lipinski definition) is 9. The van der Waals surface area contributed by atoms with E-state index >= 15 is 0 Å². The van der Waals surface area contributed by atoms with Crippen LogP contribution in [0.1, 0.15) is 53.6 Å². The topological polar surface area (TPSA) is 136 Å². The zero-order chi connectivity index (χ0) is 30.9. The maximum atomic E-state index is 14.5. The van der Waals surface area contributed by atoms with Gasteiger partial charge in [0.1, 0.15) is 29.8 Å². The lowest BCUT2D eigenvalue weighted by Gasteiger charge is -2.48. The molecule has 0 radical (unpaired) electrons. The highest BCUT2D eigenvalue weighted by molar-refractivity contribution is 14.1. The zero-order valence-electron chi connectivity index (χ0n) is 24.7. The number of rotatable bonds is 10. The number of esters is 1. The lowest BCUT2D eigenvalue weighted by Crippen LogP contribution is -2.69. The SMILES string of the molecule is O=C(NCCO)c1cccc(CNC(=O)[C@@]23C[C@H]4OC(=O)[C@@H]2N(Cc2cccc(I)c2)O[C@@H]3[C@H]2OC(C3CC3)(C3CC3)O[C@H]24)c1. The highest BCUT2D eigenvalue weighted by Crippen LogP contribution is 2.63. The second-order valence-corrected chi connectivity index (χ2v) is 14.4. The average Bonchev–Trinajstić information content (AvgIpc) is 3.98. The molecular weight excluding hydrogens is 693 g/mol. The number of halogens is 1. The molecule has 3 N–H and O–H groups in total. The summed E-state index contributed by atoms with van der Waals surface area (Å²) in [6, 6.07) is 14.0. The number of aliphatic hydroxyl groups is 1. The molecule has 2 aromatic rings. The van der Waals surface area contributed by atoms with Gasteiger partial charge in [0.25, 0.3) is 5.91 Å². The number of hydroxylamine groups is 2. The van der Waals surface area contributed by atoms with Crippen molar-refractivity contribution < 1.29 is 38.5 Å². The van der Waals surface area contributed by atoms with Crippen molar-refractivity contribution in [2.75, 3.05) is 13.2 Å². The van der Waals surface area contributed by atoms with Crippen LogP contribution in [-0.2, 0) is 41.7 Å². The minimum absolute atomic E-state index is 0.150. The average molecular weight is 730 g/mol. The summed E-state index contributed by atoms with van der Waals surface area (Å²) in [5.41, 5.74) is 0.847. The summed E-state index contributed by atoms with van der Waals surface area (Å²) in [5, 5.41) is 16.4. The van der Waals surface area contributed by atoms with E-state index in [0.29, 0.717) is 23.9 Å². The fourth-order valence-electron chi connectivity index (χ4n) is 7.92. The Kier molecular flexibility index (Phi) is 7.45. The number of carbonyl (C=O) groups is 3. The van der Waals surface area contributed by atoms with Gasteiger partial charge in [0.2, 0.25) is 5.91 Å². The second-order valence-electron chi connectivity index (χ2n) is 13.2. The molecule has 0 spiro atoms. The molecule has 3 saturated heterocycles. The summed E-state index contributed by atoms with van der Waals surface area (Å²) in [6.07, 6.45) is 1.98. The van der Waals surface area contributed by atoms with Crippen LogP contribution in [0.15, 0.2) is 48.5 Å². The van der Waals surface area contributed by atoms with Crippen LogP contribution in [0, 0.1) is 20.8 Å². The largest absolute Gasteiger partial charge is 0.458 e. The Balaban J connectivity index is 1.11. The first-order chi connectivity index (χ1) is 21.8. The Hall–Kier alpha value is -2.62. The van der Waals surface area contributed by atoms with Crippen molar-refractivity contribution in [2.45, 2.75) is 81.4 Å². The van der Waals surface area contributed by atoms with Crippen molar-refractivity contribution in [1.29, 1.82) is 0 Å². The molecule has 238 valence electrons. The molecule has 11 nitrogen and oxygen atoms in total. The van der Waals surface area contributed by atoms with Crippen molar-refractivity contribution in [3.8, 4) is 0 Å². The van der Waals surface area contributed by atoms with Crippen molar-refractivity contribution in [3.63, 3.8) is 0 Å². The fourth-order valence-corrected chi connectivity index (χ4v) is 8.53. The van der Waals surface area contributed by atoms with Gasteiger partial charge in [-0.05, 0) is 83.7 Å². The summed E-state index contributed by atoms with van der Waals surface area (Å²) in [7, 11) is 0. The van der Waals surface area contributed by atoms with Crippen LogP contribution in [0.5, 0.6) is 0 Å². The third-order valence-corrected chi connectivity index (χ3v) is 10.8. The van der Waals surface area contributed by atoms with Gasteiger partial charge in [-0.1, -0.05) is 24.3 Å². The summed E-state index contributed by atoms with van der Waals surface area (Å²) in [6.45, 7) is 0.443. The molecule has 8 rings (SSSR count). The van der Waals surface area contributed by atoms with Gasteiger partial charge in [-0.25, -0.2) is 0 Å². The highest BCUT2D eigenvalue weighted by Gasteiger charge is 2.78. The van der Waals surface area contributed by atoms with E-state index in [2.05, 4.69) is 33.2 Å². The number of ether oxygens (including phenoxy) is 3. The smallest absolute Gasteiger partial charge is 0.327 e. The molecule has 12 heteroatoms. The molecule has 2 amide bonds. The van der Waals surface area contributed by atoms with Crippen molar-refractivity contribution in [3.05, 3.63) is 68.8 Å². The van der Waals surface area contributed by atoms with Crippen LogP contribution >= 0.6 is 22.6 Å². The minimum atomic E-state index is -1.26. The van der Waals surface area contributed by atoms with Gasteiger partial charge in [0.05, 0.1) is 13.2 Å². The summed E-state index contributed by atoms with van der Waals surface area (Å²) < 4.78 is 20.9. The number of carbonyl (C=O) groups excluding carboxylic acids is 3. The highest BCUT2D eigenvalue weighted by atomic mass is 127. The van der Waals surface area contributed by atoms with E-state index in [1.807, 2.05) is 30.3 Å². The quantitative estimate of drug-likeness (QED) is 0.249. The van der Waals surface area contributed by atoms with E-state index in [0.717, 1.165) is 40.4 Å². The van der Waals surface area contributed by atoms with Crippen LogP contribution in [0.4, 0.5) is 0 Å². The van der Waals surface area contributed by atoms with E-state index in [-0.39, 0.29) is 37.9 Å². The van der Waals surface area contributed by atoms with Crippen LogP contribution in [0.2, 0.25) is 0 Å². The monoisotopic (exact) mass is 729 g/mol. The van der Waals surface area contributed by atoms with Gasteiger partial charge in [-0.2, -0.15) is 5.06 Å². The Morgan fingerprint density at radius 1 is 0.978 bits per heavy atom. The van der Waals surface area contributed by atoms with E-state index in [1.165, 1.54) is 0 Å². The lowest BCUT2D eigenvalue weighted by molar-refractivity contribution is -0.235. The molecular formula is C33H36IN3O8.